The molecular formula is C22H17N5S. The molecule has 0 radical (unpaired) electrons. The molecule has 0 saturated carbocycles. The maximum absolute atomic E-state index is 9.34. The van der Waals surface area contributed by atoms with Crippen LogP contribution in [0.1, 0.15) is 16.7 Å². The van der Waals surface area contributed by atoms with Gasteiger partial charge in [-0.15, -0.1) is 10.2 Å². The first-order chi connectivity index (χ1) is 13.8. The molecule has 4 rings (SSSR count). The summed E-state index contributed by atoms with van der Waals surface area (Å²) in [6.07, 6.45) is 3.50. The van der Waals surface area contributed by atoms with Gasteiger partial charge in [0.2, 0.25) is 0 Å². The molecule has 0 atom stereocenters. The standard InChI is InChI=1S/C22H17N5S/c1-16-6-2-5-9-20(16)27-21(17-10-12-24-13-11-17)25-26-22(27)28-15-19-8-4-3-7-18(19)14-23/h2-13H,15H2,1H3. The van der Waals surface area contributed by atoms with Crippen LogP contribution < -0.4 is 0 Å². The third-order valence-electron chi connectivity index (χ3n) is 4.42. The van der Waals surface area contributed by atoms with E-state index in [0.717, 1.165) is 33.4 Å². The summed E-state index contributed by atoms with van der Waals surface area (Å²) in [5.41, 5.74) is 4.80. The predicted molar refractivity (Wildman–Crippen MR) is 110 cm³/mol. The van der Waals surface area contributed by atoms with Crippen molar-refractivity contribution in [1.29, 1.82) is 5.26 Å². The molecule has 5 nitrogen and oxygen atoms in total. The summed E-state index contributed by atoms with van der Waals surface area (Å²) < 4.78 is 2.07. The van der Waals surface area contributed by atoms with E-state index >= 15 is 0 Å². The topological polar surface area (TPSA) is 67.4 Å². The summed E-state index contributed by atoms with van der Waals surface area (Å²) in [5.74, 6) is 1.41. The Morgan fingerprint density at radius 3 is 2.50 bits per heavy atom. The number of aromatic nitrogens is 4. The first kappa shape index (κ1) is 18.0. The molecule has 0 amide bonds. The summed E-state index contributed by atoms with van der Waals surface area (Å²) in [6.45, 7) is 2.07. The maximum Gasteiger partial charge on any atom is 0.196 e. The fraction of sp³-hybridized carbons (Fsp3) is 0.0909. The van der Waals surface area contributed by atoms with Crippen LogP contribution in [0, 0.1) is 18.3 Å². The SMILES string of the molecule is Cc1ccccc1-n1c(SCc2ccccc2C#N)nnc1-c1ccncc1. The summed E-state index contributed by atoms with van der Waals surface area (Å²) in [7, 11) is 0. The van der Waals surface area contributed by atoms with Crippen molar-refractivity contribution in [2.75, 3.05) is 0 Å². The lowest BCUT2D eigenvalue weighted by atomic mass is 10.1. The Hall–Kier alpha value is -3.43. The molecule has 0 spiro atoms. The van der Waals surface area contributed by atoms with Crippen LogP contribution in [-0.4, -0.2) is 19.7 Å². The molecule has 0 aliphatic heterocycles. The lowest BCUT2D eigenvalue weighted by Crippen LogP contribution is -2.02. The molecule has 0 aliphatic rings. The van der Waals surface area contributed by atoms with Crippen molar-refractivity contribution < 1.29 is 0 Å². The van der Waals surface area contributed by atoms with Gasteiger partial charge in [-0.3, -0.25) is 9.55 Å². The van der Waals surface area contributed by atoms with Crippen LogP contribution in [0.15, 0.2) is 78.2 Å². The van der Waals surface area contributed by atoms with E-state index in [2.05, 4.69) is 44.9 Å². The number of thioether (sulfide) groups is 1. The Morgan fingerprint density at radius 2 is 1.71 bits per heavy atom. The Kier molecular flexibility index (Phi) is 5.18. The molecule has 28 heavy (non-hydrogen) atoms. The third-order valence-corrected chi connectivity index (χ3v) is 5.40. The Bertz CT molecular complexity index is 1150. The Morgan fingerprint density at radius 1 is 0.964 bits per heavy atom. The van der Waals surface area contributed by atoms with Crippen molar-refractivity contribution in [3.63, 3.8) is 0 Å². The van der Waals surface area contributed by atoms with Gasteiger partial charge < -0.3 is 0 Å². The van der Waals surface area contributed by atoms with Gasteiger partial charge >= 0.3 is 0 Å². The van der Waals surface area contributed by atoms with Gasteiger partial charge in [-0.1, -0.05) is 48.2 Å². The van der Waals surface area contributed by atoms with Crippen molar-refractivity contribution in [2.45, 2.75) is 17.8 Å². The van der Waals surface area contributed by atoms with Gasteiger partial charge in [0.15, 0.2) is 11.0 Å². The minimum Gasteiger partial charge on any atom is -0.270 e. The minimum absolute atomic E-state index is 0.643. The minimum atomic E-state index is 0.643. The van der Waals surface area contributed by atoms with Crippen LogP contribution in [0.4, 0.5) is 0 Å². The lowest BCUT2D eigenvalue weighted by Gasteiger charge is -2.13. The molecule has 4 aromatic rings. The van der Waals surface area contributed by atoms with Crippen molar-refractivity contribution in [1.82, 2.24) is 19.7 Å². The van der Waals surface area contributed by atoms with Gasteiger partial charge in [-0.05, 0) is 42.3 Å². The fourth-order valence-corrected chi connectivity index (χ4v) is 3.93. The normalized spacial score (nSPS) is 10.6. The molecule has 2 aromatic heterocycles. The summed E-state index contributed by atoms with van der Waals surface area (Å²) in [6, 6.07) is 21.9. The van der Waals surface area contributed by atoms with Gasteiger partial charge in [0, 0.05) is 23.7 Å². The van der Waals surface area contributed by atoms with Crippen LogP contribution in [0.25, 0.3) is 17.1 Å². The van der Waals surface area contributed by atoms with E-state index in [0.29, 0.717) is 11.3 Å². The van der Waals surface area contributed by atoms with Gasteiger partial charge in [-0.2, -0.15) is 5.26 Å². The van der Waals surface area contributed by atoms with Crippen LogP contribution in [0.2, 0.25) is 0 Å². The fourth-order valence-electron chi connectivity index (χ4n) is 2.98. The second kappa shape index (κ2) is 8.07. The van der Waals surface area contributed by atoms with E-state index in [-0.39, 0.29) is 0 Å². The Labute approximate surface area is 167 Å². The third kappa shape index (κ3) is 3.53. The number of hydrogen-bond acceptors (Lipinski definition) is 5. The molecular weight excluding hydrogens is 366 g/mol. The second-order valence-electron chi connectivity index (χ2n) is 6.22. The highest BCUT2D eigenvalue weighted by molar-refractivity contribution is 7.98. The molecule has 2 heterocycles. The van der Waals surface area contributed by atoms with Crippen molar-refractivity contribution in [3.05, 3.63) is 89.7 Å². The first-order valence-electron chi connectivity index (χ1n) is 8.80. The smallest absolute Gasteiger partial charge is 0.196 e. The molecule has 6 heteroatoms. The van der Waals surface area contributed by atoms with E-state index in [1.165, 1.54) is 0 Å². The lowest BCUT2D eigenvalue weighted by molar-refractivity contribution is 0.880. The average Bonchev–Trinajstić information content (AvgIpc) is 3.17. The number of aryl methyl sites for hydroxylation is 1. The quantitative estimate of drug-likeness (QED) is 0.463. The van der Waals surface area contributed by atoms with E-state index in [1.54, 1.807) is 24.2 Å². The van der Waals surface area contributed by atoms with Gasteiger partial charge in [0.1, 0.15) is 0 Å². The number of benzene rings is 2. The van der Waals surface area contributed by atoms with Crippen molar-refractivity contribution in [2.24, 2.45) is 0 Å². The van der Waals surface area contributed by atoms with Gasteiger partial charge in [-0.25, -0.2) is 0 Å². The molecule has 0 saturated heterocycles. The highest BCUT2D eigenvalue weighted by atomic mass is 32.2. The Balaban J connectivity index is 1.77. The predicted octanol–water partition coefficient (Wildman–Crippen LogP) is 4.80. The largest absolute Gasteiger partial charge is 0.270 e. The van der Waals surface area contributed by atoms with Crippen molar-refractivity contribution >= 4 is 11.8 Å². The number of para-hydroxylation sites is 1. The summed E-state index contributed by atoms with van der Waals surface area (Å²) >= 11 is 1.57. The highest BCUT2D eigenvalue weighted by Crippen LogP contribution is 2.31. The highest BCUT2D eigenvalue weighted by Gasteiger charge is 2.17. The van der Waals surface area contributed by atoms with Crippen LogP contribution in [0.5, 0.6) is 0 Å². The van der Waals surface area contributed by atoms with E-state index in [4.69, 9.17) is 0 Å². The van der Waals surface area contributed by atoms with Crippen molar-refractivity contribution in [3.8, 4) is 23.1 Å². The zero-order valence-electron chi connectivity index (χ0n) is 15.3. The second-order valence-corrected chi connectivity index (χ2v) is 7.16. The maximum atomic E-state index is 9.34. The molecule has 136 valence electrons. The summed E-state index contributed by atoms with van der Waals surface area (Å²) in [4.78, 5) is 4.10. The monoisotopic (exact) mass is 383 g/mol. The van der Waals surface area contributed by atoms with E-state index < -0.39 is 0 Å². The van der Waals surface area contributed by atoms with Crippen LogP contribution >= 0.6 is 11.8 Å². The number of rotatable bonds is 5. The molecule has 0 fully saturated rings. The molecule has 0 aliphatic carbocycles. The number of nitrogens with zero attached hydrogens (tertiary/aromatic N) is 5. The molecule has 0 bridgehead atoms. The van der Waals surface area contributed by atoms with Crippen LogP contribution in [-0.2, 0) is 5.75 Å². The molecule has 0 N–H and O–H groups in total. The van der Waals surface area contributed by atoms with E-state index in [9.17, 15) is 5.26 Å². The zero-order chi connectivity index (χ0) is 19.3. The molecule has 2 aromatic carbocycles. The van der Waals surface area contributed by atoms with E-state index in [1.807, 2.05) is 48.5 Å². The molecule has 0 unspecified atom stereocenters. The summed E-state index contributed by atoms with van der Waals surface area (Å²) in [5, 5.41) is 19.0. The average molecular weight is 383 g/mol. The number of pyridine rings is 1. The number of hydrogen-bond donors (Lipinski definition) is 0. The number of nitriles is 1. The van der Waals surface area contributed by atoms with Crippen LogP contribution in [0.3, 0.4) is 0 Å². The van der Waals surface area contributed by atoms with Gasteiger partial charge in [0.25, 0.3) is 0 Å². The first-order valence-corrected chi connectivity index (χ1v) is 9.79. The van der Waals surface area contributed by atoms with Gasteiger partial charge in [0.05, 0.1) is 17.3 Å². The zero-order valence-corrected chi connectivity index (χ0v) is 16.1.